The van der Waals surface area contributed by atoms with Crippen molar-refractivity contribution in [3.63, 3.8) is 0 Å². The van der Waals surface area contributed by atoms with Gasteiger partial charge in [-0.1, -0.05) is 6.07 Å². The number of ether oxygens (including phenoxy) is 3. The maximum absolute atomic E-state index is 13.8. The third kappa shape index (κ3) is 5.28. The summed E-state index contributed by atoms with van der Waals surface area (Å²) in [4.78, 5) is 37.3. The summed E-state index contributed by atoms with van der Waals surface area (Å²) >= 11 is 0. The highest BCUT2D eigenvalue weighted by Crippen LogP contribution is 2.36. The molecule has 0 radical (unpaired) electrons. The van der Waals surface area contributed by atoms with Crippen LogP contribution in [0.4, 0.5) is 10.1 Å². The summed E-state index contributed by atoms with van der Waals surface area (Å²) in [7, 11) is 1.55. The first-order valence-corrected chi connectivity index (χ1v) is 10.9. The summed E-state index contributed by atoms with van der Waals surface area (Å²) in [5.41, 5.74) is 0.510. The van der Waals surface area contributed by atoms with Crippen molar-refractivity contribution < 1.29 is 38.1 Å². The maximum Gasteiger partial charge on any atom is 0.338 e. The van der Waals surface area contributed by atoms with Crippen LogP contribution in [0.5, 0.6) is 11.5 Å². The Kier molecular flexibility index (Phi) is 6.97. The predicted molar refractivity (Wildman–Crippen MR) is 119 cm³/mol. The monoisotopic (exact) mass is 472 g/mol. The van der Waals surface area contributed by atoms with Gasteiger partial charge in [0.05, 0.1) is 25.8 Å². The molecule has 2 aromatic carbocycles. The topological polar surface area (TPSA) is 114 Å². The summed E-state index contributed by atoms with van der Waals surface area (Å²) in [6, 6.07) is 8.80. The van der Waals surface area contributed by atoms with E-state index in [1.165, 1.54) is 11.0 Å². The average molecular weight is 472 g/mol. The lowest BCUT2D eigenvalue weighted by atomic mass is 9.98. The Morgan fingerprint density at radius 3 is 2.74 bits per heavy atom. The Labute approximate surface area is 195 Å². The summed E-state index contributed by atoms with van der Waals surface area (Å²) in [5.74, 6) is -2.05. The van der Waals surface area contributed by atoms with Crippen LogP contribution in [0, 0.1) is 5.82 Å². The van der Waals surface area contributed by atoms with Crippen LogP contribution < -0.4 is 14.8 Å². The van der Waals surface area contributed by atoms with Crippen molar-refractivity contribution in [2.75, 3.05) is 32.1 Å². The Morgan fingerprint density at radius 1 is 1.24 bits per heavy atom. The Morgan fingerprint density at radius 2 is 2.06 bits per heavy atom. The molecule has 34 heavy (non-hydrogen) atoms. The van der Waals surface area contributed by atoms with Crippen molar-refractivity contribution in [1.29, 1.82) is 0 Å². The molecule has 2 aliphatic heterocycles. The van der Waals surface area contributed by atoms with Gasteiger partial charge >= 0.3 is 5.97 Å². The number of carbonyl (C=O) groups is 3. The minimum Gasteiger partial charge on any atom is -0.493 e. The van der Waals surface area contributed by atoms with Crippen LogP contribution in [0.2, 0.25) is 0 Å². The zero-order valence-corrected chi connectivity index (χ0v) is 18.6. The molecule has 0 aliphatic carbocycles. The minimum absolute atomic E-state index is 0.113. The predicted octanol–water partition coefficient (Wildman–Crippen LogP) is 3.00. The van der Waals surface area contributed by atoms with Gasteiger partial charge in [-0.05, 0) is 42.3 Å². The molecule has 2 amide bonds. The number of benzene rings is 2. The molecule has 10 heteroatoms. The van der Waals surface area contributed by atoms with E-state index < -0.39 is 23.3 Å². The molecule has 9 nitrogen and oxygen atoms in total. The second-order valence-corrected chi connectivity index (χ2v) is 8.19. The number of amides is 2. The highest BCUT2D eigenvalue weighted by atomic mass is 19.1. The highest BCUT2D eigenvalue weighted by Gasteiger charge is 2.32. The smallest absolute Gasteiger partial charge is 0.338 e. The lowest BCUT2D eigenvalue weighted by molar-refractivity contribution is -0.131. The molecule has 2 fully saturated rings. The third-order valence-corrected chi connectivity index (χ3v) is 5.84. The number of hydrogen-bond donors (Lipinski definition) is 2. The number of nitrogens with one attached hydrogen (secondary N) is 1. The number of aromatic carboxylic acids is 1. The van der Waals surface area contributed by atoms with E-state index in [1.807, 2.05) is 12.1 Å². The second kappa shape index (κ2) is 10.1. The first-order valence-electron chi connectivity index (χ1n) is 10.9. The number of halogens is 1. The van der Waals surface area contributed by atoms with Crippen molar-refractivity contribution in [3.8, 4) is 11.5 Å². The molecule has 2 aliphatic rings. The third-order valence-electron chi connectivity index (χ3n) is 5.84. The molecule has 2 heterocycles. The van der Waals surface area contributed by atoms with Crippen LogP contribution in [0.15, 0.2) is 36.4 Å². The van der Waals surface area contributed by atoms with Gasteiger partial charge in [-0.2, -0.15) is 0 Å². The molecule has 2 aromatic rings. The van der Waals surface area contributed by atoms with E-state index in [0.29, 0.717) is 24.7 Å². The van der Waals surface area contributed by atoms with Crippen LogP contribution >= 0.6 is 0 Å². The Bertz CT molecular complexity index is 1100. The molecule has 0 bridgehead atoms. The van der Waals surface area contributed by atoms with E-state index in [1.54, 1.807) is 13.2 Å². The fraction of sp³-hybridized carbons (Fsp3) is 0.375. The Balaban J connectivity index is 1.39. The molecule has 1 unspecified atom stereocenters. The Hall–Kier alpha value is -3.66. The molecule has 0 aromatic heterocycles. The van der Waals surface area contributed by atoms with Crippen molar-refractivity contribution in [2.45, 2.75) is 31.5 Å². The molecule has 0 saturated carbocycles. The van der Waals surface area contributed by atoms with Crippen LogP contribution in [0.25, 0.3) is 0 Å². The van der Waals surface area contributed by atoms with Gasteiger partial charge in [-0.15, -0.1) is 0 Å². The van der Waals surface area contributed by atoms with Crippen LogP contribution in [-0.4, -0.2) is 60.9 Å². The first-order chi connectivity index (χ1) is 16.3. The molecule has 2 N–H and O–H groups in total. The van der Waals surface area contributed by atoms with E-state index in [9.17, 15) is 18.8 Å². The van der Waals surface area contributed by atoms with E-state index >= 15 is 0 Å². The van der Waals surface area contributed by atoms with Gasteiger partial charge in [0.2, 0.25) is 11.8 Å². The van der Waals surface area contributed by atoms with Crippen molar-refractivity contribution in [2.24, 2.45) is 0 Å². The maximum atomic E-state index is 13.8. The van der Waals surface area contributed by atoms with E-state index in [4.69, 9.17) is 19.3 Å². The zero-order valence-electron chi connectivity index (χ0n) is 18.6. The van der Waals surface area contributed by atoms with Gasteiger partial charge in [-0.3, -0.25) is 9.59 Å². The number of anilines is 1. The largest absolute Gasteiger partial charge is 0.493 e. The van der Waals surface area contributed by atoms with Gasteiger partial charge in [0.25, 0.3) is 0 Å². The lowest BCUT2D eigenvalue weighted by Crippen LogP contribution is -2.34. The highest BCUT2D eigenvalue weighted by molar-refractivity contribution is 5.96. The SMILES string of the molecule is COc1ccc([C@@H]2CC(=O)N(CC(=O)Nc3ccc(C(=O)O)c(F)c3)C2)cc1OC1CCCO1. The standard InChI is InChI=1S/C24H25FN2O7/c1-32-19-7-4-14(9-20(19)34-23-3-2-8-33-23)15-10-22(29)27(12-15)13-21(28)26-16-5-6-17(24(30)31)18(25)11-16/h4-7,9,11,15,23H,2-3,8,10,12-13H2,1H3,(H,26,28)(H,30,31)/t15-,23?/m1/s1. The van der Waals surface area contributed by atoms with Crippen molar-refractivity contribution >= 4 is 23.5 Å². The number of hydrogen-bond acceptors (Lipinski definition) is 6. The van der Waals surface area contributed by atoms with Crippen LogP contribution in [0.3, 0.4) is 0 Å². The molecule has 2 atom stereocenters. The van der Waals surface area contributed by atoms with Crippen LogP contribution in [0.1, 0.15) is 41.1 Å². The van der Waals surface area contributed by atoms with Gasteiger partial charge in [0.1, 0.15) is 5.82 Å². The van der Waals surface area contributed by atoms with E-state index in [-0.39, 0.29) is 36.8 Å². The molecule has 180 valence electrons. The van der Waals surface area contributed by atoms with Crippen molar-refractivity contribution in [1.82, 2.24) is 4.90 Å². The van der Waals surface area contributed by atoms with E-state index in [2.05, 4.69) is 5.32 Å². The molecule has 4 rings (SSSR count). The van der Waals surface area contributed by atoms with Gasteiger partial charge in [0, 0.05) is 31.0 Å². The lowest BCUT2D eigenvalue weighted by Gasteiger charge is -2.19. The fourth-order valence-electron chi connectivity index (χ4n) is 4.11. The number of likely N-dealkylation sites (tertiary alicyclic amines) is 1. The quantitative estimate of drug-likeness (QED) is 0.607. The average Bonchev–Trinajstić information content (AvgIpc) is 3.43. The van der Waals surface area contributed by atoms with Gasteiger partial charge < -0.3 is 29.5 Å². The first kappa shape index (κ1) is 23.5. The summed E-state index contributed by atoms with van der Waals surface area (Å²) < 4.78 is 30.7. The van der Waals surface area contributed by atoms with Crippen LogP contribution in [-0.2, 0) is 14.3 Å². The normalized spacial score (nSPS) is 19.8. The number of carbonyl (C=O) groups excluding carboxylic acids is 2. The zero-order chi connectivity index (χ0) is 24.2. The van der Waals surface area contributed by atoms with Gasteiger partial charge in [0.15, 0.2) is 17.8 Å². The summed E-state index contributed by atoms with van der Waals surface area (Å²) in [5, 5.41) is 11.4. The molecular weight excluding hydrogens is 447 g/mol. The number of carboxylic acids is 1. The number of methoxy groups -OCH3 is 1. The summed E-state index contributed by atoms with van der Waals surface area (Å²) in [6.07, 6.45) is 1.63. The number of carboxylic acid groups (broad SMARTS) is 1. The summed E-state index contributed by atoms with van der Waals surface area (Å²) in [6.45, 7) is 0.786. The number of nitrogens with zero attached hydrogens (tertiary/aromatic N) is 1. The van der Waals surface area contributed by atoms with Crippen molar-refractivity contribution in [3.05, 3.63) is 53.3 Å². The second-order valence-electron chi connectivity index (χ2n) is 8.19. The fourth-order valence-corrected chi connectivity index (χ4v) is 4.11. The van der Waals surface area contributed by atoms with Gasteiger partial charge in [-0.25, -0.2) is 9.18 Å². The molecule has 0 spiro atoms. The molecule has 2 saturated heterocycles. The number of rotatable bonds is 8. The minimum atomic E-state index is -1.40. The molecular formula is C24H25FN2O7. The van der Waals surface area contributed by atoms with E-state index in [0.717, 1.165) is 30.5 Å².